The van der Waals surface area contributed by atoms with E-state index in [2.05, 4.69) is 0 Å². The smallest absolute Gasteiger partial charge is 0.204 e. The minimum atomic E-state index is -1.34. The summed E-state index contributed by atoms with van der Waals surface area (Å²) in [5.74, 6) is 0.561. The zero-order valence-corrected chi connectivity index (χ0v) is 18.4. The molecule has 0 aliphatic rings. The van der Waals surface area contributed by atoms with E-state index in [1.165, 1.54) is 40.6 Å². The Morgan fingerprint density at radius 3 is 1.66 bits per heavy atom. The number of ether oxygens (including phenoxy) is 5. The van der Waals surface area contributed by atoms with Gasteiger partial charge in [-0.2, -0.15) is 0 Å². The molecule has 0 fully saturated rings. The fourth-order valence-electron chi connectivity index (χ4n) is 3.16. The number of aliphatic hydroxyl groups excluding tert-OH is 4. The van der Waals surface area contributed by atoms with Gasteiger partial charge in [0.25, 0.3) is 0 Å². The number of benzene rings is 2. The van der Waals surface area contributed by atoms with E-state index in [9.17, 15) is 20.4 Å². The van der Waals surface area contributed by atoms with Crippen LogP contribution in [0.2, 0.25) is 0 Å². The monoisotopic (exact) mass is 454 g/mol. The van der Waals surface area contributed by atoms with Crippen LogP contribution in [0, 0.1) is 0 Å². The summed E-state index contributed by atoms with van der Waals surface area (Å²) in [6.45, 7) is -0.967. The van der Waals surface area contributed by atoms with E-state index in [0.717, 1.165) is 0 Å². The van der Waals surface area contributed by atoms with E-state index in [-0.39, 0.29) is 46.5 Å². The number of phenolic OH excluding ortho intramolecular Hbond substituents is 1. The number of hydrogen-bond donors (Lipinski definition) is 5. The lowest BCUT2D eigenvalue weighted by molar-refractivity contribution is -0.00186. The van der Waals surface area contributed by atoms with Crippen molar-refractivity contribution in [2.24, 2.45) is 0 Å². The minimum absolute atomic E-state index is 0.0806. The van der Waals surface area contributed by atoms with Crippen LogP contribution in [0.5, 0.6) is 34.5 Å². The molecular formula is C22H30O10. The summed E-state index contributed by atoms with van der Waals surface area (Å²) in [4.78, 5) is 0. The number of aromatic hydroxyl groups is 1. The van der Waals surface area contributed by atoms with Crippen LogP contribution in [-0.2, 0) is 6.42 Å². The van der Waals surface area contributed by atoms with Gasteiger partial charge in [0, 0.05) is 6.42 Å². The van der Waals surface area contributed by atoms with Crippen LogP contribution in [0.3, 0.4) is 0 Å². The molecule has 0 aliphatic heterocycles. The van der Waals surface area contributed by atoms with Crippen LogP contribution in [-0.4, -0.2) is 79.4 Å². The Hall–Kier alpha value is -2.92. The highest BCUT2D eigenvalue weighted by molar-refractivity contribution is 5.55. The van der Waals surface area contributed by atoms with Crippen LogP contribution in [0.1, 0.15) is 17.2 Å². The first-order chi connectivity index (χ1) is 15.3. The average molecular weight is 454 g/mol. The molecule has 10 nitrogen and oxygen atoms in total. The zero-order valence-electron chi connectivity index (χ0n) is 18.4. The van der Waals surface area contributed by atoms with Gasteiger partial charge in [0.1, 0.15) is 6.10 Å². The second-order valence-electron chi connectivity index (χ2n) is 6.93. The predicted octanol–water partition coefficient (Wildman–Crippen LogP) is 0.796. The molecule has 2 rings (SSSR count). The third-order valence-electron chi connectivity index (χ3n) is 4.85. The molecule has 0 spiro atoms. The molecule has 0 heterocycles. The van der Waals surface area contributed by atoms with E-state index in [0.29, 0.717) is 5.56 Å². The van der Waals surface area contributed by atoms with Crippen molar-refractivity contribution < 1.29 is 49.2 Å². The van der Waals surface area contributed by atoms with Crippen LogP contribution < -0.4 is 23.7 Å². The van der Waals surface area contributed by atoms with Crippen molar-refractivity contribution in [3.8, 4) is 34.5 Å². The van der Waals surface area contributed by atoms with Gasteiger partial charge in [0.15, 0.2) is 29.1 Å². The summed E-state index contributed by atoms with van der Waals surface area (Å²) in [5.41, 5.74) is 0.901. The number of aliphatic hydroxyl groups is 4. The molecule has 0 aliphatic carbocycles. The van der Waals surface area contributed by atoms with E-state index >= 15 is 0 Å². The quantitative estimate of drug-likeness (QED) is 0.312. The number of hydrogen-bond acceptors (Lipinski definition) is 10. The Balaban J connectivity index is 2.41. The first kappa shape index (κ1) is 25.3. The lowest BCUT2D eigenvalue weighted by Gasteiger charge is -2.26. The van der Waals surface area contributed by atoms with E-state index in [1.54, 1.807) is 12.1 Å². The predicted molar refractivity (Wildman–Crippen MR) is 114 cm³/mol. The molecule has 0 saturated carbocycles. The molecule has 10 heteroatoms. The molecule has 0 saturated heterocycles. The average Bonchev–Trinajstić information content (AvgIpc) is 2.82. The van der Waals surface area contributed by atoms with Crippen LogP contribution >= 0.6 is 0 Å². The first-order valence-electron chi connectivity index (χ1n) is 9.77. The van der Waals surface area contributed by atoms with Gasteiger partial charge in [0.05, 0.1) is 47.8 Å². The largest absolute Gasteiger partial charge is 0.502 e. The normalized spacial score (nSPS) is 13.8. The molecule has 32 heavy (non-hydrogen) atoms. The van der Waals surface area contributed by atoms with Crippen molar-refractivity contribution >= 4 is 0 Å². The lowest BCUT2D eigenvalue weighted by Crippen LogP contribution is -2.29. The highest BCUT2D eigenvalue weighted by atomic mass is 16.6. The molecule has 2 aromatic rings. The highest BCUT2D eigenvalue weighted by Gasteiger charge is 2.28. The SMILES string of the molecule is COc1cc([C@H](O)[C@H](CO)Oc2c(OC)cc(C[C@H](O)CO)cc2OC)cc(OC)c1O. The molecule has 2 aromatic carbocycles. The van der Waals surface area contributed by atoms with Crippen LogP contribution in [0.25, 0.3) is 0 Å². The summed E-state index contributed by atoms with van der Waals surface area (Å²) >= 11 is 0. The van der Waals surface area contributed by atoms with Gasteiger partial charge in [-0.25, -0.2) is 0 Å². The highest BCUT2D eigenvalue weighted by Crippen LogP contribution is 2.42. The zero-order chi connectivity index (χ0) is 23.8. The standard InChI is InChI=1S/C22H30O10/c1-28-15-8-13(9-16(29-2)21(15)27)20(26)19(11-24)32-22-17(30-3)6-12(5-14(25)10-23)7-18(22)31-4/h6-9,14,19-20,23-27H,5,10-11H2,1-4H3/t14-,19-,20-/m0/s1. The van der Waals surface area contributed by atoms with Crippen molar-refractivity contribution in [2.45, 2.75) is 24.7 Å². The van der Waals surface area contributed by atoms with Gasteiger partial charge in [-0.05, 0) is 35.4 Å². The van der Waals surface area contributed by atoms with Crippen molar-refractivity contribution in [3.05, 3.63) is 35.4 Å². The van der Waals surface area contributed by atoms with Crippen molar-refractivity contribution in [1.29, 1.82) is 0 Å². The van der Waals surface area contributed by atoms with Gasteiger partial charge in [-0.3, -0.25) is 0 Å². The molecule has 0 amide bonds. The van der Waals surface area contributed by atoms with E-state index in [1.807, 2.05) is 0 Å². The van der Waals surface area contributed by atoms with Crippen LogP contribution in [0.4, 0.5) is 0 Å². The van der Waals surface area contributed by atoms with Gasteiger partial charge in [-0.15, -0.1) is 0 Å². The molecule has 3 atom stereocenters. The van der Waals surface area contributed by atoms with Crippen molar-refractivity contribution in [3.63, 3.8) is 0 Å². The Labute approximate surface area is 186 Å². The summed E-state index contributed by atoms with van der Waals surface area (Å²) in [6, 6.07) is 6.01. The second-order valence-corrected chi connectivity index (χ2v) is 6.93. The third kappa shape index (κ3) is 5.65. The molecule has 0 radical (unpaired) electrons. The molecule has 0 bridgehead atoms. The second kappa shape index (κ2) is 11.6. The number of rotatable bonds is 12. The minimum Gasteiger partial charge on any atom is -0.502 e. The van der Waals surface area contributed by atoms with E-state index < -0.39 is 31.5 Å². The maximum absolute atomic E-state index is 10.9. The third-order valence-corrected chi connectivity index (χ3v) is 4.85. The summed E-state index contributed by atoms with van der Waals surface area (Å²) in [6.07, 6.45) is -3.29. The lowest BCUT2D eigenvalue weighted by atomic mass is 10.0. The fraction of sp³-hybridized carbons (Fsp3) is 0.455. The Kier molecular flexibility index (Phi) is 9.21. The maximum Gasteiger partial charge on any atom is 0.204 e. The molecule has 0 aromatic heterocycles. The first-order valence-corrected chi connectivity index (χ1v) is 9.77. The Bertz CT molecular complexity index is 835. The number of methoxy groups -OCH3 is 4. The number of phenols is 1. The molecular weight excluding hydrogens is 424 g/mol. The molecule has 0 unspecified atom stereocenters. The van der Waals surface area contributed by atoms with Crippen molar-refractivity contribution in [2.75, 3.05) is 41.7 Å². The van der Waals surface area contributed by atoms with Gasteiger partial charge < -0.3 is 49.2 Å². The van der Waals surface area contributed by atoms with Crippen molar-refractivity contribution in [1.82, 2.24) is 0 Å². The van der Waals surface area contributed by atoms with Crippen LogP contribution in [0.15, 0.2) is 24.3 Å². The van der Waals surface area contributed by atoms with Gasteiger partial charge in [-0.1, -0.05) is 0 Å². The van der Waals surface area contributed by atoms with Gasteiger partial charge in [0.2, 0.25) is 11.5 Å². The molecule has 5 N–H and O–H groups in total. The summed E-state index contributed by atoms with van der Waals surface area (Å²) in [5, 5.41) is 49.7. The summed E-state index contributed by atoms with van der Waals surface area (Å²) < 4.78 is 26.9. The summed E-state index contributed by atoms with van der Waals surface area (Å²) in [7, 11) is 5.54. The molecule has 178 valence electrons. The van der Waals surface area contributed by atoms with E-state index in [4.69, 9.17) is 28.8 Å². The van der Waals surface area contributed by atoms with Gasteiger partial charge >= 0.3 is 0 Å². The Morgan fingerprint density at radius 1 is 0.750 bits per heavy atom. The Morgan fingerprint density at radius 2 is 1.25 bits per heavy atom. The topological polar surface area (TPSA) is 147 Å². The fourth-order valence-corrected chi connectivity index (χ4v) is 3.16. The maximum atomic E-state index is 10.9.